The highest BCUT2D eigenvalue weighted by Crippen LogP contribution is 2.28. The van der Waals surface area contributed by atoms with E-state index in [1.807, 2.05) is 49.7 Å². The van der Waals surface area contributed by atoms with Crippen LogP contribution in [-0.4, -0.2) is 26.5 Å². The van der Waals surface area contributed by atoms with Crippen molar-refractivity contribution in [2.75, 3.05) is 5.32 Å². The zero-order chi connectivity index (χ0) is 22.1. The zero-order valence-corrected chi connectivity index (χ0v) is 18.0. The molecular formula is C25H24N4O2. The molecule has 0 atom stereocenters. The highest BCUT2D eigenvalue weighted by Gasteiger charge is 2.19. The van der Waals surface area contributed by atoms with E-state index in [1.165, 1.54) is 6.92 Å². The first-order valence-corrected chi connectivity index (χ1v) is 10.2. The lowest BCUT2D eigenvalue weighted by atomic mass is 10.0. The molecule has 0 saturated heterocycles. The van der Waals surface area contributed by atoms with Gasteiger partial charge in [-0.15, -0.1) is 0 Å². The molecule has 2 aromatic heterocycles. The highest BCUT2D eigenvalue weighted by molar-refractivity contribution is 6.13. The fourth-order valence-electron chi connectivity index (χ4n) is 3.60. The lowest BCUT2D eigenvalue weighted by Crippen LogP contribution is -2.14. The van der Waals surface area contributed by atoms with Crippen LogP contribution >= 0.6 is 0 Å². The predicted molar refractivity (Wildman–Crippen MR) is 122 cm³/mol. The normalized spacial score (nSPS) is 11.1. The molecule has 1 amide bonds. The molecule has 0 saturated carbocycles. The van der Waals surface area contributed by atoms with Crippen LogP contribution < -0.4 is 5.32 Å². The van der Waals surface area contributed by atoms with Gasteiger partial charge in [0.05, 0.1) is 22.8 Å². The van der Waals surface area contributed by atoms with E-state index in [-0.39, 0.29) is 17.7 Å². The topological polar surface area (TPSA) is 76.9 Å². The van der Waals surface area contributed by atoms with E-state index >= 15 is 0 Å². The number of carbonyl (C=O) groups is 2. The van der Waals surface area contributed by atoms with Gasteiger partial charge in [0.1, 0.15) is 0 Å². The van der Waals surface area contributed by atoms with E-state index in [0.29, 0.717) is 27.8 Å². The van der Waals surface area contributed by atoms with Gasteiger partial charge in [-0.1, -0.05) is 36.4 Å². The van der Waals surface area contributed by atoms with Gasteiger partial charge in [0.15, 0.2) is 11.4 Å². The van der Waals surface area contributed by atoms with Crippen LogP contribution in [0.5, 0.6) is 0 Å². The Morgan fingerprint density at radius 1 is 1.03 bits per heavy atom. The fraction of sp³-hybridized carbons (Fsp3) is 0.200. The molecule has 4 aromatic rings. The second-order valence-electron chi connectivity index (χ2n) is 7.88. The van der Waals surface area contributed by atoms with Crippen LogP contribution in [0, 0.1) is 6.92 Å². The first-order chi connectivity index (χ1) is 14.8. The molecule has 0 aliphatic heterocycles. The molecule has 0 aliphatic rings. The molecule has 0 spiro atoms. The van der Waals surface area contributed by atoms with Crippen LogP contribution in [0.1, 0.15) is 53.1 Å². The quantitative estimate of drug-likeness (QED) is 0.443. The van der Waals surface area contributed by atoms with Crippen molar-refractivity contribution < 1.29 is 9.59 Å². The molecule has 6 nitrogen and oxygen atoms in total. The highest BCUT2D eigenvalue weighted by atomic mass is 16.1. The lowest BCUT2D eigenvalue weighted by molar-refractivity contribution is 0.101. The molecular weight excluding hydrogens is 388 g/mol. The third-order valence-corrected chi connectivity index (χ3v) is 5.25. The minimum absolute atomic E-state index is 0.0533. The first kappa shape index (κ1) is 20.5. The van der Waals surface area contributed by atoms with E-state index in [0.717, 1.165) is 16.8 Å². The smallest absolute Gasteiger partial charge is 0.256 e. The number of pyridine rings is 1. The standard InChI is InChI=1S/C25H24N4O2/c1-15(2)29-24-22(14-26-29)21(13-23(28-24)20-11-6-5-8-16(20)3)25(31)27-19-10-7-9-18(12-19)17(4)30/h5-15H,1-4H3,(H,27,31). The number of rotatable bonds is 5. The minimum Gasteiger partial charge on any atom is -0.322 e. The number of nitrogens with one attached hydrogen (secondary N) is 1. The minimum atomic E-state index is -0.272. The molecule has 31 heavy (non-hydrogen) atoms. The second-order valence-corrected chi connectivity index (χ2v) is 7.88. The summed E-state index contributed by atoms with van der Waals surface area (Å²) in [5.74, 6) is -0.325. The van der Waals surface area contributed by atoms with Crippen molar-refractivity contribution in [3.05, 3.63) is 77.5 Å². The average Bonchev–Trinajstić information content (AvgIpc) is 3.18. The fourth-order valence-corrected chi connectivity index (χ4v) is 3.60. The second kappa shape index (κ2) is 8.14. The van der Waals surface area contributed by atoms with Crippen molar-refractivity contribution in [3.63, 3.8) is 0 Å². The van der Waals surface area contributed by atoms with Gasteiger partial charge in [-0.3, -0.25) is 9.59 Å². The van der Waals surface area contributed by atoms with Gasteiger partial charge in [-0.2, -0.15) is 5.10 Å². The van der Waals surface area contributed by atoms with Gasteiger partial charge >= 0.3 is 0 Å². The van der Waals surface area contributed by atoms with Crippen LogP contribution in [0.2, 0.25) is 0 Å². The van der Waals surface area contributed by atoms with Crippen LogP contribution in [0.3, 0.4) is 0 Å². The Kier molecular flexibility index (Phi) is 5.38. The summed E-state index contributed by atoms with van der Waals surface area (Å²) in [5, 5.41) is 8.08. The number of benzene rings is 2. The molecule has 1 N–H and O–H groups in total. The Morgan fingerprint density at radius 3 is 2.52 bits per heavy atom. The summed E-state index contributed by atoms with van der Waals surface area (Å²) in [5.41, 5.74) is 5.03. The van der Waals surface area contributed by atoms with Crippen molar-refractivity contribution in [3.8, 4) is 11.3 Å². The Labute approximate surface area is 180 Å². The first-order valence-electron chi connectivity index (χ1n) is 10.2. The van der Waals surface area contributed by atoms with Crippen molar-refractivity contribution in [2.45, 2.75) is 33.7 Å². The molecule has 156 valence electrons. The number of aryl methyl sites for hydroxylation is 1. The predicted octanol–water partition coefficient (Wildman–Crippen LogP) is 5.44. The molecule has 6 heteroatoms. The zero-order valence-electron chi connectivity index (χ0n) is 18.0. The maximum atomic E-state index is 13.3. The largest absolute Gasteiger partial charge is 0.322 e. The van der Waals surface area contributed by atoms with Gasteiger partial charge < -0.3 is 5.32 Å². The lowest BCUT2D eigenvalue weighted by Gasteiger charge is -2.12. The van der Waals surface area contributed by atoms with E-state index in [2.05, 4.69) is 10.4 Å². The number of ketones is 1. The van der Waals surface area contributed by atoms with Crippen molar-refractivity contribution in [1.29, 1.82) is 0 Å². The van der Waals surface area contributed by atoms with Crippen molar-refractivity contribution in [2.24, 2.45) is 0 Å². The monoisotopic (exact) mass is 412 g/mol. The molecule has 0 fully saturated rings. The maximum Gasteiger partial charge on any atom is 0.256 e. The number of aromatic nitrogens is 3. The number of anilines is 1. The van der Waals surface area contributed by atoms with Gasteiger partial charge in [0.25, 0.3) is 5.91 Å². The van der Waals surface area contributed by atoms with Crippen molar-refractivity contribution in [1.82, 2.24) is 14.8 Å². The van der Waals surface area contributed by atoms with Gasteiger partial charge in [-0.25, -0.2) is 9.67 Å². The summed E-state index contributed by atoms with van der Waals surface area (Å²) >= 11 is 0. The van der Waals surface area contributed by atoms with Crippen LogP contribution in [0.25, 0.3) is 22.3 Å². The van der Waals surface area contributed by atoms with Crippen LogP contribution in [0.15, 0.2) is 60.8 Å². The Morgan fingerprint density at radius 2 is 1.81 bits per heavy atom. The average molecular weight is 412 g/mol. The van der Waals surface area contributed by atoms with Crippen LogP contribution in [-0.2, 0) is 0 Å². The number of fused-ring (bicyclic) bond motifs is 1. The van der Waals surface area contributed by atoms with Gasteiger partial charge in [0, 0.05) is 22.9 Å². The summed E-state index contributed by atoms with van der Waals surface area (Å²) in [7, 11) is 0. The summed E-state index contributed by atoms with van der Waals surface area (Å²) in [6, 6.07) is 16.8. The maximum absolute atomic E-state index is 13.3. The summed E-state index contributed by atoms with van der Waals surface area (Å²) < 4.78 is 1.82. The Bertz CT molecular complexity index is 1300. The molecule has 0 bridgehead atoms. The summed E-state index contributed by atoms with van der Waals surface area (Å²) in [6.07, 6.45) is 1.69. The van der Waals surface area contributed by atoms with E-state index < -0.39 is 0 Å². The third-order valence-electron chi connectivity index (χ3n) is 5.25. The van der Waals surface area contributed by atoms with Gasteiger partial charge in [0.2, 0.25) is 0 Å². The molecule has 0 radical (unpaired) electrons. The van der Waals surface area contributed by atoms with Crippen molar-refractivity contribution >= 4 is 28.4 Å². The van der Waals surface area contributed by atoms with E-state index in [4.69, 9.17) is 4.98 Å². The molecule has 2 aromatic carbocycles. The number of Topliss-reactive ketones (excluding diaryl/α,β-unsaturated/α-hetero) is 1. The number of carbonyl (C=O) groups excluding carboxylic acids is 2. The van der Waals surface area contributed by atoms with Gasteiger partial charge in [-0.05, 0) is 51.5 Å². The number of amides is 1. The summed E-state index contributed by atoms with van der Waals surface area (Å²) in [4.78, 5) is 29.8. The third kappa shape index (κ3) is 3.97. The molecule has 4 rings (SSSR count). The number of nitrogens with zero attached hydrogens (tertiary/aromatic N) is 3. The molecule has 2 heterocycles. The SMILES string of the molecule is CC(=O)c1cccc(NC(=O)c2cc(-c3ccccc3C)nc3c2cnn3C(C)C)c1. The molecule has 0 unspecified atom stereocenters. The number of hydrogen-bond acceptors (Lipinski definition) is 4. The van der Waals surface area contributed by atoms with E-state index in [9.17, 15) is 9.59 Å². The van der Waals surface area contributed by atoms with E-state index in [1.54, 1.807) is 36.5 Å². The summed E-state index contributed by atoms with van der Waals surface area (Å²) in [6.45, 7) is 7.58. The Balaban J connectivity index is 1.84. The molecule has 0 aliphatic carbocycles. The number of hydrogen-bond donors (Lipinski definition) is 1. The Hall–Kier alpha value is -3.80. The van der Waals surface area contributed by atoms with Crippen LogP contribution in [0.4, 0.5) is 5.69 Å².